The van der Waals surface area contributed by atoms with Gasteiger partial charge in [-0.15, -0.1) is 0 Å². The SMILES string of the molecule is C/C=C/[CH]([Si](CCCC)(CCCC)CCCC)[Sn]([CH2]CCC)([CH2]CCC)[CH2]CCC. The maximum absolute atomic E-state index is 2.88. The van der Waals surface area contributed by atoms with Crippen molar-refractivity contribution in [1.82, 2.24) is 0 Å². The zero-order valence-corrected chi connectivity index (χ0v) is 26.3. The quantitative estimate of drug-likeness (QED) is 0.0998. The third kappa shape index (κ3) is 10.6. The van der Waals surface area contributed by atoms with Gasteiger partial charge in [-0.05, 0) is 0 Å². The van der Waals surface area contributed by atoms with Gasteiger partial charge in [0.1, 0.15) is 0 Å². The Balaban J connectivity index is 6.45. The predicted octanol–water partition coefficient (Wildman–Crippen LogP) is 11.2. The van der Waals surface area contributed by atoms with Crippen LogP contribution in [0.5, 0.6) is 0 Å². The molecule has 2 heteroatoms. The molecule has 0 aliphatic heterocycles. The normalized spacial score (nSPS) is 14.0. The second-order valence-corrected chi connectivity index (χ2v) is 30.7. The van der Waals surface area contributed by atoms with Crippen LogP contribution in [-0.2, 0) is 0 Å². The van der Waals surface area contributed by atoms with E-state index in [1.807, 2.05) is 0 Å². The molecule has 0 aliphatic carbocycles. The summed E-state index contributed by atoms with van der Waals surface area (Å²) >= 11 is -2.29. The van der Waals surface area contributed by atoms with Gasteiger partial charge in [-0.2, -0.15) is 0 Å². The molecule has 30 heavy (non-hydrogen) atoms. The average molecular weight is 544 g/mol. The van der Waals surface area contributed by atoms with E-state index in [9.17, 15) is 0 Å². The van der Waals surface area contributed by atoms with Crippen molar-refractivity contribution in [2.75, 3.05) is 0 Å². The summed E-state index contributed by atoms with van der Waals surface area (Å²) in [5.41, 5.74) is 0. The Morgan fingerprint density at radius 1 is 0.567 bits per heavy atom. The summed E-state index contributed by atoms with van der Waals surface area (Å²) in [6.07, 6.45) is 22.9. The molecule has 0 heterocycles. The molecule has 0 aromatic rings. The number of allylic oxidation sites excluding steroid dienone is 2. The van der Waals surface area contributed by atoms with Crippen molar-refractivity contribution in [2.45, 2.75) is 161 Å². The Hall–Kier alpha value is 0.756. The van der Waals surface area contributed by atoms with Crippen LogP contribution in [0, 0.1) is 0 Å². The molecule has 0 nitrogen and oxygen atoms in total. The van der Waals surface area contributed by atoms with E-state index in [2.05, 4.69) is 60.6 Å². The van der Waals surface area contributed by atoms with Crippen molar-refractivity contribution in [3.63, 3.8) is 0 Å². The summed E-state index contributed by atoms with van der Waals surface area (Å²) in [6, 6.07) is 4.92. The van der Waals surface area contributed by atoms with Crippen LogP contribution in [0.15, 0.2) is 12.2 Å². The van der Waals surface area contributed by atoms with Crippen molar-refractivity contribution in [3.05, 3.63) is 12.2 Å². The Bertz CT molecular complexity index is 328. The van der Waals surface area contributed by atoms with E-state index < -0.39 is 26.5 Å². The van der Waals surface area contributed by atoms with Gasteiger partial charge in [-0.1, -0.05) is 0 Å². The number of rotatable bonds is 21. The van der Waals surface area contributed by atoms with Crippen LogP contribution in [0.2, 0.25) is 35.0 Å². The first kappa shape index (κ1) is 30.8. The molecular formula is C28H60SiSn. The van der Waals surface area contributed by atoms with E-state index in [1.165, 1.54) is 77.0 Å². The van der Waals surface area contributed by atoms with Crippen molar-refractivity contribution < 1.29 is 0 Å². The summed E-state index contributed by atoms with van der Waals surface area (Å²) in [5, 5.41) is 0. The topological polar surface area (TPSA) is 0 Å². The fraction of sp³-hybridized carbons (Fsp3) is 0.929. The second-order valence-electron chi connectivity index (χ2n) is 10.3. The van der Waals surface area contributed by atoms with Gasteiger partial charge >= 0.3 is 199 Å². The van der Waals surface area contributed by atoms with Gasteiger partial charge in [0, 0.05) is 0 Å². The van der Waals surface area contributed by atoms with Crippen molar-refractivity contribution >= 4 is 26.5 Å². The van der Waals surface area contributed by atoms with E-state index in [0.29, 0.717) is 0 Å². The predicted molar refractivity (Wildman–Crippen MR) is 148 cm³/mol. The van der Waals surface area contributed by atoms with E-state index in [1.54, 1.807) is 31.4 Å². The summed E-state index contributed by atoms with van der Waals surface area (Å²) in [4.78, 5) is 0. The molecule has 0 N–H and O–H groups in total. The zero-order chi connectivity index (χ0) is 22.7. The fourth-order valence-electron chi connectivity index (χ4n) is 6.11. The second kappa shape index (κ2) is 19.2. The van der Waals surface area contributed by atoms with Crippen LogP contribution in [-0.4, -0.2) is 26.5 Å². The van der Waals surface area contributed by atoms with Crippen molar-refractivity contribution in [1.29, 1.82) is 0 Å². The Kier molecular flexibility index (Phi) is 19.7. The molecule has 0 radical (unpaired) electrons. The van der Waals surface area contributed by atoms with Gasteiger partial charge in [0.05, 0.1) is 0 Å². The molecule has 0 rings (SSSR count). The van der Waals surface area contributed by atoms with Crippen LogP contribution < -0.4 is 0 Å². The van der Waals surface area contributed by atoms with Gasteiger partial charge in [-0.25, -0.2) is 0 Å². The monoisotopic (exact) mass is 544 g/mol. The maximum atomic E-state index is 2.88. The van der Waals surface area contributed by atoms with Crippen LogP contribution in [0.3, 0.4) is 0 Å². The van der Waals surface area contributed by atoms with Crippen LogP contribution >= 0.6 is 0 Å². The first-order valence-corrected chi connectivity index (χ1v) is 24.6. The van der Waals surface area contributed by atoms with E-state index in [0.717, 1.165) is 3.56 Å². The number of hydrogen-bond donors (Lipinski definition) is 0. The summed E-state index contributed by atoms with van der Waals surface area (Å²) < 4.78 is 6.20. The van der Waals surface area contributed by atoms with Crippen LogP contribution in [0.4, 0.5) is 0 Å². The molecule has 0 aromatic carbocycles. The minimum atomic E-state index is -2.29. The summed E-state index contributed by atoms with van der Waals surface area (Å²) in [5.74, 6) is 0. The van der Waals surface area contributed by atoms with Crippen LogP contribution in [0.25, 0.3) is 0 Å². The molecule has 1 unspecified atom stereocenters. The molecule has 0 saturated carbocycles. The van der Waals surface area contributed by atoms with Gasteiger partial charge in [0.25, 0.3) is 0 Å². The van der Waals surface area contributed by atoms with Gasteiger partial charge in [0.15, 0.2) is 0 Å². The zero-order valence-electron chi connectivity index (χ0n) is 22.5. The van der Waals surface area contributed by atoms with Gasteiger partial charge in [0.2, 0.25) is 0 Å². The third-order valence-corrected chi connectivity index (χ3v) is 38.7. The Morgan fingerprint density at radius 3 is 1.17 bits per heavy atom. The van der Waals surface area contributed by atoms with Gasteiger partial charge in [-0.3, -0.25) is 0 Å². The van der Waals surface area contributed by atoms with Crippen molar-refractivity contribution in [2.24, 2.45) is 0 Å². The van der Waals surface area contributed by atoms with E-state index in [-0.39, 0.29) is 0 Å². The molecule has 0 bridgehead atoms. The van der Waals surface area contributed by atoms with Crippen molar-refractivity contribution in [3.8, 4) is 0 Å². The molecule has 0 fully saturated rings. The number of hydrogen-bond acceptors (Lipinski definition) is 0. The van der Waals surface area contributed by atoms with Gasteiger partial charge < -0.3 is 0 Å². The molecule has 180 valence electrons. The average Bonchev–Trinajstić information content (AvgIpc) is 2.77. The first-order chi connectivity index (χ1) is 14.6. The molecular weight excluding hydrogens is 483 g/mol. The number of unbranched alkanes of at least 4 members (excludes halogenated alkanes) is 6. The molecule has 1 atom stereocenters. The molecule has 0 aromatic heterocycles. The Morgan fingerprint density at radius 2 is 0.900 bits per heavy atom. The summed E-state index contributed by atoms with van der Waals surface area (Å²) in [7, 11) is -1.29. The van der Waals surface area contributed by atoms with E-state index >= 15 is 0 Å². The summed E-state index contributed by atoms with van der Waals surface area (Å²) in [6.45, 7) is 17.0. The van der Waals surface area contributed by atoms with Crippen LogP contribution in [0.1, 0.15) is 126 Å². The Labute approximate surface area is 198 Å². The first-order valence-electron chi connectivity index (χ1n) is 14.2. The van der Waals surface area contributed by atoms with E-state index in [4.69, 9.17) is 0 Å². The molecule has 0 saturated heterocycles. The molecule has 0 aliphatic rings. The standard InChI is InChI=1S/C16H33Si.3C4H9.Sn/c1-5-9-13-17(14-10-6-2,15-11-7-3)16-12-8-4;3*1-3-4-2;/h5,9,13H,6-8,10-12,14-16H2,1-4H3;3*1,3-4H2,2H3;/b9-5+;;;;. The molecule has 0 amide bonds. The fourth-order valence-corrected chi connectivity index (χ4v) is 46.2. The molecule has 0 spiro atoms. The minimum absolute atomic E-state index is 1.12. The third-order valence-electron chi connectivity index (χ3n) is 7.87.